The summed E-state index contributed by atoms with van der Waals surface area (Å²) in [5, 5.41) is 9.16. The first-order valence-electron chi connectivity index (χ1n) is 5.53. The molecule has 1 aliphatic carbocycles. The first-order valence-corrected chi connectivity index (χ1v) is 5.53. The topological polar surface area (TPSA) is 23.5 Å². The van der Waals surface area contributed by atoms with Crippen molar-refractivity contribution in [2.75, 3.05) is 11.4 Å². The van der Waals surface area contributed by atoms with Gasteiger partial charge in [-0.3, -0.25) is 0 Å². The Morgan fingerprint density at radius 3 is 2.41 bits per heavy atom. The number of halogens is 3. The SMILES string of the molecule is OCc1ccccc1N(CC(F)(F)F)C1CC1. The van der Waals surface area contributed by atoms with Crippen LogP contribution in [0.5, 0.6) is 0 Å². The van der Waals surface area contributed by atoms with Crippen LogP contribution in [0.4, 0.5) is 18.9 Å². The molecule has 1 fully saturated rings. The third-order valence-electron chi connectivity index (χ3n) is 2.81. The Morgan fingerprint density at radius 1 is 1.24 bits per heavy atom. The maximum Gasteiger partial charge on any atom is 0.405 e. The van der Waals surface area contributed by atoms with Gasteiger partial charge in [0.05, 0.1) is 6.61 Å². The molecule has 2 rings (SSSR count). The molecule has 94 valence electrons. The van der Waals surface area contributed by atoms with Crippen molar-refractivity contribution in [2.24, 2.45) is 0 Å². The number of hydrogen-bond acceptors (Lipinski definition) is 2. The maximum atomic E-state index is 12.5. The molecular weight excluding hydrogens is 231 g/mol. The Labute approximate surface area is 97.7 Å². The van der Waals surface area contributed by atoms with Gasteiger partial charge in [-0.2, -0.15) is 13.2 Å². The molecule has 0 heterocycles. The number of para-hydroxylation sites is 1. The molecule has 0 aliphatic heterocycles. The van der Waals surface area contributed by atoms with Crippen LogP contribution in [0, 0.1) is 0 Å². The van der Waals surface area contributed by atoms with E-state index >= 15 is 0 Å². The molecule has 17 heavy (non-hydrogen) atoms. The van der Waals surface area contributed by atoms with Crippen molar-refractivity contribution >= 4 is 5.69 Å². The predicted octanol–water partition coefficient (Wildman–Crippen LogP) is 2.71. The van der Waals surface area contributed by atoms with Gasteiger partial charge in [-0.05, 0) is 18.9 Å². The van der Waals surface area contributed by atoms with Gasteiger partial charge in [0.2, 0.25) is 0 Å². The Hall–Kier alpha value is -1.23. The lowest BCUT2D eigenvalue weighted by Gasteiger charge is -2.27. The molecule has 0 radical (unpaired) electrons. The van der Waals surface area contributed by atoms with E-state index in [1.54, 1.807) is 24.3 Å². The number of nitrogens with zero attached hydrogens (tertiary/aromatic N) is 1. The van der Waals surface area contributed by atoms with Crippen LogP contribution in [0.25, 0.3) is 0 Å². The van der Waals surface area contributed by atoms with Crippen LogP contribution in [0.15, 0.2) is 24.3 Å². The first-order chi connectivity index (χ1) is 8.01. The van der Waals surface area contributed by atoms with Crippen LogP contribution in [-0.2, 0) is 6.61 Å². The minimum atomic E-state index is -4.22. The summed E-state index contributed by atoms with van der Waals surface area (Å²) in [5.41, 5.74) is 1.04. The second-order valence-electron chi connectivity index (χ2n) is 4.26. The third kappa shape index (κ3) is 3.12. The summed E-state index contributed by atoms with van der Waals surface area (Å²) < 4.78 is 37.5. The van der Waals surface area contributed by atoms with Crippen LogP contribution in [0.1, 0.15) is 18.4 Å². The first kappa shape index (κ1) is 12.2. The van der Waals surface area contributed by atoms with E-state index in [4.69, 9.17) is 5.11 Å². The summed E-state index contributed by atoms with van der Waals surface area (Å²) in [6.07, 6.45) is -2.64. The Morgan fingerprint density at radius 2 is 1.88 bits per heavy atom. The van der Waals surface area contributed by atoms with E-state index in [0.29, 0.717) is 11.3 Å². The highest BCUT2D eigenvalue weighted by Gasteiger charge is 2.38. The van der Waals surface area contributed by atoms with E-state index in [1.807, 2.05) is 0 Å². The van der Waals surface area contributed by atoms with Gasteiger partial charge in [0.15, 0.2) is 0 Å². The normalized spacial score (nSPS) is 16.0. The molecule has 0 atom stereocenters. The average molecular weight is 245 g/mol. The molecule has 0 spiro atoms. The fourth-order valence-electron chi connectivity index (χ4n) is 1.92. The Balaban J connectivity index is 2.26. The van der Waals surface area contributed by atoms with Crippen molar-refractivity contribution in [3.05, 3.63) is 29.8 Å². The molecule has 1 aromatic carbocycles. The van der Waals surface area contributed by atoms with E-state index < -0.39 is 12.7 Å². The number of anilines is 1. The lowest BCUT2D eigenvalue weighted by molar-refractivity contribution is -0.120. The monoisotopic (exact) mass is 245 g/mol. The summed E-state index contributed by atoms with van der Waals surface area (Å²) in [4.78, 5) is 1.35. The summed E-state index contributed by atoms with van der Waals surface area (Å²) in [6.45, 7) is -1.19. The fourth-order valence-corrected chi connectivity index (χ4v) is 1.92. The van der Waals surface area contributed by atoms with Crippen molar-refractivity contribution in [2.45, 2.75) is 31.7 Å². The molecule has 2 nitrogen and oxygen atoms in total. The zero-order valence-electron chi connectivity index (χ0n) is 9.24. The van der Waals surface area contributed by atoms with Crippen LogP contribution in [-0.4, -0.2) is 23.9 Å². The lowest BCUT2D eigenvalue weighted by Crippen LogP contribution is -2.36. The van der Waals surface area contributed by atoms with Crippen LogP contribution in [0.3, 0.4) is 0 Å². The third-order valence-corrected chi connectivity index (χ3v) is 2.81. The standard InChI is InChI=1S/C12H14F3NO/c13-12(14,15)8-16(10-5-6-10)11-4-2-1-3-9(11)7-17/h1-4,10,17H,5-8H2. The fraction of sp³-hybridized carbons (Fsp3) is 0.500. The minimum Gasteiger partial charge on any atom is -0.392 e. The molecule has 1 saturated carbocycles. The van der Waals surface area contributed by atoms with Crippen molar-refractivity contribution < 1.29 is 18.3 Å². The predicted molar refractivity (Wildman–Crippen MR) is 58.8 cm³/mol. The van der Waals surface area contributed by atoms with Gasteiger partial charge in [-0.1, -0.05) is 18.2 Å². The number of alkyl halides is 3. The Kier molecular flexibility index (Phi) is 3.28. The van der Waals surface area contributed by atoms with Crippen LogP contribution in [0.2, 0.25) is 0 Å². The molecule has 0 saturated heterocycles. The van der Waals surface area contributed by atoms with Gasteiger partial charge in [-0.25, -0.2) is 0 Å². The van der Waals surface area contributed by atoms with Crippen molar-refractivity contribution in [1.82, 2.24) is 0 Å². The van der Waals surface area contributed by atoms with E-state index in [1.165, 1.54) is 4.90 Å². The smallest absolute Gasteiger partial charge is 0.392 e. The summed E-state index contributed by atoms with van der Waals surface area (Å²) in [7, 11) is 0. The van der Waals surface area contributed by atoms with Gasteiger partial charge < -0.3 is 10.0 Å². The molecule has 5 heteroatoms. The van der Waals surface area contributed by atoms with Crippen LogP contribution >= 0.6 is 0 Å². The van der Waals surface area contributed by atoms with Crippen LogP contribution < -0.4 is 4.90 Å². The van der Waals surface area contributed by atoms with E-state index in [0.717, 1.165) is 12.8 Å². The van der Waals surface area contributed by atoms with Gasteiger partial charge in [-0.15, -0.1) is 0 Å². The highest BCUT2D eigenvalue weighted by molar-refractivity contribution is 5.55. The molecule has 0 aromatic heterocycles. The number of benzene rings is 1. The van der Waals surface area contributed by atoms with Gasteiger partial charge in [0, 0.05) is 17.3 Å². The number of aliphatic hydroxyl groups is 1. The molecule has 0 unspecified atom stereocenters. The quantitative estimate of drug-likeness (QED) is 0.881. The van der Waals surface area contributed by atoms with Gasteiger partial charge >= 0.3 is 6.18 Å². The highest BCUT2D eigenvalue weighted by atomic mass is 19.4. The lowest BCUT2D eigenvalue weighted by atomic mass is 10.1. The Bertz CT molecular complexity index is 388. The molecular formula is C12H14F3NO. The summed E-state index contributed by atoms with van der Waals surface area (Å²) in [6, 6.07) is 6.66. The zero-order valence-corrected chi connectivity index (χ0v) is 9.24. The van der Waals surface area contributed by atoms with Gasteiger partial charge in [0.25, 0.3) is 0 Å². The number of aliphatic hydroxyl groups excluding tert-OH is 1. The van der Waals surface area contributed by atoms with Gasteiger partial charge in [0.1, 0.15) is 6.54 Å². The summed E-state index contributed by atoms with van der Waals surface area (Å²) in [5.74, 6) is 0. The second-order valence-corrected chi connectivity index (χ2v) is 4.26. The molecule has 0 bridgehead atoms. The van der Waals surface area contributed by atoms with Crippen molar-refractivity contribution in [3.63, 3.8) is 0 Å². The van der Waals surface area contributed by atoms with Crippen molar-refractivity contribution in [3.8, 4) is 0 Å². The number of rotatable bonds is 4. The van der Waals surface area contributed by atoms with Crippen molar-refractivity contribution in [1.29, 1.82) is 0 Å². The maximum absolute atomic E-state index is 12.5. The van der Waals surface area contributed by atoms with E-state index in [9.17, 15) is 13.2 Å². The minimum absolute atomic E-state index is 0.0377. The largest absolute Gasteiger partial charge is 0.405 e. The summed E-state index contributed by atoms with van der Waals surface area (Å²) >= 11 is 0. The molecule has 1 N–H and O–H groups in total. The molecule has 1 aliphatic rings. The zero-order chi connectivity index (χ0) is 12.5. The number of hydrogen-bond donors (Lipinski definition) is 1. The van der Waals surface area contributed by atoms with E-state index in [2.05, 4.69) is 0 Å². The average Bonchev–Trinajstić information content (AvgIpc) is 3.08. The van der Waals surface area contributed by atoms with E-state index in [-0.39, 0.29) is 12.6 Å². The molecule has 0 amide bonds. The second kappa shape index (κ2) is 4.56. The molecule has 1 aromatic rings. The highest BCUT2D eigenvalue weighted by Crippen LogP contribution is 2.35.